The van der Waals surface area contributed by atoms with Crippen molar-refractivity contribution >= 4 is 5.91 Å². The van der Waals surface area contributed by atoms with Crippen LogP contribution in [0.3, 0.4) is 0 Å². The van der Waals surface area contributed by atoms with Gasteiger partial charge < -0.3 is 15.0 Å². The highest BCUT2D eigenvalue weighted by Crippen LogP contribution is 2.38. The van der Waals surface area contributed by atoms with Gasteiger partial charge in [-0.2, -0.15) is 0 Å². The molecule has 4 heteroatoms. The summed E-state index contributed by atoms with van der Waals surface area (Å²) in [6.07, 6.45) is 5.19. The molecule has 0 bridgehead atoms. The van der Waals surface area contributed by atoms with Crippen LogP contribution in [0.1, 0.15) is 50.6 Å². The van der Waals surface area contributed by atoms with Crippen molar-refractivity contribution in [2.24, 2.45) is 11.8 Å². The summed E-state index contributed by atoms with van der Waals surface area (Å²) < 4.78 is 5.52. The largest absolute Gasteiger partial charge is 0.496 e. The first-order chi connectivity index (χ1) is 11.7. The van der Waals surface area contributed by atoms with Crippen LogP contribution < -0.4 is 10.1 Å². The third kappa shape index (κ3) is 3.75. The van der Waals surface area contributed by atoms with E-state index in [9.17, 15) is 4.79 Å². The van der Waals surface area contributed by atoms with Gasteiger partial charge >= 0.3 is 0 Å². The average Bonchev–Trinajstić information content (AvgIpc) is 3.12. The number of piperidine rings is 1. The van der Waals surface area contributed by atoms with Gasteiger partial charge in [-0.3, -0.25) is 4.79 Å². The average molecular weight is 330 g/mol. The molecule has 1 aromatic carbocycles. The van der Waals surface area contributed by atoms with Crippen molar-refractivity contribution < 1.29 is 9.53 Å². The molecule has 4 nitrogen and oxygen atoms in total. The van der Waals surface area contributed by atoms with E-state index in [0.29, 0.717) is 24.2 Å². The molecule has 0 saturated carbocycles. The number of carbonyl (C=O) groups excluding carboxylic acids is 1. The van der Waals surface area contributed by atoms with Crippen LogP contribution in [-0.2, 0) is 4.79 Å². The fraction of sp³-hybridized carbons (Fsp3) is 0.650. The number of nitrogens with one attached hydrogen (secondary N) is 1. The van der Waals surface area contributed by atoms with Crippen molar-refractivity contribution in [2.45, 2.75) is 45.1 Å². The summed E-state index contributed by atoms with van der Waals surface area (Å²) in [4.78, 5) is 15.0. The number of methoxy groups -OCH3 is 1. The molecular weight excluding hydrogens is 300 g/mol. The van der Waals surface area contributed by atoms with Gasteiger partial charge in [-0.1, -0.05) is 25.1 Å². The smallest absolute Gasteiger partial charge is 0.223 e. The van der Waals surface area contributed by atoms with Crippen LogP contribution >= 0.6 is 0 Å². The zero-order valence-corrected chi connectivity index (χ0v) is 15.0. The Morgan fingerprint density at radius 3 is 2.79 bits per heavy atom. The quantitative estimate of drug-likeness (QED) is 0.900. The van der Waals surface area contributed by atoms with Gasteiger partial charge in [-0.05, 0) is 56.7 Å². The van der Waals surface area contributed by atoms with Crippen molar-refractivity contribution in [3.05, 3.63) is 29.8 Å². The van der Waals surface area contributed by atoms with E-state index in [1.165, 1.54) is 12.8 Å². The third-order valence-corrected chi connectivity index (χ3v) is 5.76. The van der Waals surface area contributed by atoms with E-state index in [4.69, 9.17) is 4.74 Å². The monoisotopic (exact) mass is 330 g/mol. The lowest BCUT2D eigenvalue weighted by atomic mass is 9.84. The van der Waals surface area contributed by atoms with Crippen LogP contribution in [0.5, 0.6) is 5.75 Å². The summed E-state index contributed by atoms with van der Waals surface area (Å²) in [6, 6.07) is 8.30. The Morgan fingerprint density at radius 1 is 1.29 bits per heavy atom. The number of hydrogen-bond donors (Lipinski definition) is 1. The zero-order chi connectivity index (χ0) is 16.9. The van der Waals surface area contributed by atoms with E-state index in [1.807, 2.05) is 18.2 Å². The van der Waals surface area contributed by atoms with Gasteiger partial charge in [0.05, 0.1) is 13.2 Å². The van der Waals surface area contributed by atoms with E-state index in [2.05, 4.69) is 23.2 Å². The van der Waals surface area contributed by atoms with E-state index in [-0.39, 0.29) is 6.04 Å². The molecule has 2 unspecified atom stereocenters. The maximum Gasteiger partial charge on any atom is 0.223 e. The number of amides is 1. The molecular formula is C20H30N2O2. The maximum absolute atomic E-state index is 13.0. The topological polar surface area (TPSA) is 41.6 Å². The fourth-order valence-electron chi connectivity index (χ4n) is 4.30. The first-order valence-electron chi connectivity index (χ1n) is 9.33. The lowest BCUT2D eigenvalue weighted by Crippen LogP contribution is -2.35. The summed E-state index contributed by atoms with van der Waals surface area (Å²) in [5.74, 6) is 2.36. The number of carbonyl (C=O) groups is 1. The van der Waals surface area contributed by atoms with E-state index in [0.717, 1.165) is 43.8 Å². The molecule has 2 fully saturated rings. The number of hydrogen-bond acceptors (Lipinski definition) is 3. The first-order valence-corrected chi connectivity index (χ1v) is 9.33. The molecule has 1 N–H and O–H groups in total. The van der Waals surface area contributed by atoms with E-state index in [1.54, 1.807) is 7.11 Å². The van der Waals surface area contributed by atoms with Crippen LogP contribution in [-0.4, -0.2) is 37.6 Å². The molecule has 2 aliphatic heterocycles. The number of nitrogens with zero attached hydrogens (tertiary/aromatic N) is 1. The summed E-state index contributed by atoms with van der Waals surface area (Å²) in [7, 11) is 1.71. The first kappa shape index (κ1) is 17.3. The Bertz CT molecular complexity index is 554. The van der Waals surface area contributed by atoms with E-state index >= 15 is 0 Å². The Kier molecular flexibility index (Phi) is 5.77. The third-order valence-electron chi connectivity index (χ3n) is 5.76. The Hall–Kier alpha value is -1.55. The zero-order valence-electron chi connectivity index (χ0n) is 15.0. The number of benzene rings is 1. The maximum atomic E-state index is 13.0. The molecule has 3 rings (SSSR count). The molecule has 0 aromatic heterocycles. The van der Waals surface area contributed by atoms with Crippen LogP contribution in [0, 0.1) is 11.8 Å². The molecule has 24 heavy (non-hydrogen) atoms. The Labute approximate surface area is 145 Å². The van der Waals surface area contributed by atoms with Crippen LogP contribution in [0.15, 0.2) is 24.3 Å². The van der Waals surface area contributed by atoms with Crippen LogP contribution in [0.2, 0.25) is 0 Å². The van der Waals surface area contributed by atoms with Gasteiger partial charge in [0.2, 0.25) is 5.91 Å². The summed E-state index contributed by atoms with van der Waals surface area (Å²) in [5, 5.41) is 3.41. The molecule has 0 spiro atoms. The Morgan fingerprint density at radius 2 is 2.04 bits per heavy atom. The molecule has 2 saturated heterocycles. The lowest BCUT2D eigenvalue weighted by Gasteiger charge is -2.31. The summed E-state index contributed by atoms with van der Waals surface area (Å²) in [6.45, 7) is 5.32. The molecule has 2 aliphatic rings. The van der Waals surface area contributed by atoms with Crippen LogP contribution in [0.25, 0.3) is 0 Å². The molecule has 2 heterocycles. The van der Waals surface area contributed by atoms with Gasteiger partial charge in [0.15, 0.2) is 0 Å². The molecule has 2 atom stereocenters. The molecule has 132 valence electrons. The predicted molar refractivity (Wildman–Crippen MR) is 96.1 cm³/mol. The van der Waals surface area contributed by atoms with Crippen molar-refractivity contribution in [1.29, 1.82) is 0 Å². The number of rotatable bonds is 5. The van der Waals surface area contributed by atoms with Crippen molar-refractivity contribution in [3.63, 3.8) is 0 Å². The normalized spacial score (nSPS) is 23.2. The minimum Gasteiger partial charge on any atom is -0.496 e. The Balaban J connectivity index is 1.67. The molecule has 0 radical (unpaired) electrons. The molecule has 0 aliphatic carbocycles. The fourth-order valence-corrected chi connectivity index (χ4v) is 4.30. The van der Waals surface area contributed by atoms with Crippen molar-refractivity contribution in [2.75, 3.05) is 26.7 Å². The standard InChI is InChI=1S/C20H30N2O2/c1-15(16-9-11-21-12-10-16)14-20(23)22-13-5-7-18(22)17-6-3-4-8-19(17)24-2/h3-4,6,8,15-16,18,21H,5,7,9-14H2,1-2H3. The SMILES string of the molecule is COc1ccccc1C1CCCN1C(=O)CC(C)C1CCNCC1. The van der Waals surface area contributed by atoms with Crippen molar-refractivity contribution in [3.8, 4) is 5.75 Å². The van der Waals surface area contributed by atoms with Gasteiger partial charge in [0.1, 0.15) is 5.75 Å². The number of para-hydroxylation sites is 1. The highest BCUT2D eigenvalue weighted by Gasteiger charge is 2.33. The van der Waals surface area contributed by atoms with Gasteiger partial charge in [-0.25, -0.2) is 0 Å². The number of likely N-dealkylation sites (tertiary alicyclic amines) is 1. The lowest BCUT2D eigenvalue weighted by molar-refractivity contribution is -0.133. The van der Waals surface area contributed by atoms with Crippen molar-refractivity contribution in [1.82, 2.24) is 10.2 Å². The minimum atomic E-state index is 0.175. The highest BCUT2D eigenvalue weighted by atomic mass is 16.5. The predicted octanol–water partition coefficient (Wildman–Crippen LogP) is 3.38. The summed E-state index contributed by atoms with van der Waals surface area (Å²) in [5.41, 5.74) is 1.15. The minimum absolute atomic E-state index is 0.175. The number of ether oxygens (including phenoxy) is 1. The van der Waals surface area contributed by atoms with Gasteiger partial charge in [-0.15, -0.1) is 0 Å². The van der Waals surface area contributed by atoms with Gasteiger partial charge in [0.25, 0.3) is 0 Å². The summed E-state index contributed by atoms with van der Waals surface area (Å²) >= 11 is 0. The molecule has 1 amide bonds. The molecule has 1 aromatic rings. The second kappa shape index (κ2) is 8.02. The van der Waals surface area contributed by atoms with Gasteiger partial charge in [0, 0.05) is 18.5 Å². The highest BCUT2D eigenvalue weighted by molar-refractivity contribution is 5.77. The second-order valence-corrected chi connectivity index (χ2v) is 7.26. The van der Waals surface area contributed by atoms with E-state index < -0.39 is 0 Å². The second-order valence-electron chi connectivity index (χ2n) is 7.26. The van der Waals surface area contributed by atoms with Crippen LogP contribution in [0.4, 0.5) is 0 Å².